The van der Waals surface area contributed by atoms with Crippen molar-refractivity contribution in [2.75, 3.05) is 39.8 Å². The summed E-state index contributed by atoms with van der Waals surface area (Å²) in [4.78, 5) is 17.2. The Morgan fingerprint density at radius 2 is 1.69 bits per heavy atom. The van der Waals surface area contributed by atoms with Crippen LogP contribution in [0.1, 0.15) is 17.2 Å². The molecule has 1 fully saturated rings. The van der Waals surface area contributed by atoms with Gasteiger partial charge >= 0.3 is 0 Å². The molecular formula is C21H26ClN3O. The third-order valence-corrected chi connectivity index (χ3v) is 5.19. The number of rotatable bonds is 6. The molecule has 1 unspecified atom stereocenters. The van der Waals surface area contributed by atoms with Crippen LogP contribution in [0.2, 0.25) is 5.02 Å². The van der Waals surface area contributed by atoms with Crippen LogP contribution in [0, 0.1) is 0 Å². The number of hydrogen-bond donors (Lipinski definition) is 1. The molecule has 1 amide bonds. The smallest absolute Gasteiger partial charge is 0.224 e. The number of carbonyl (C=O) groups is 1. The van der Waals surface area contributed by atoms with Crippen LogP contribution >= 0.6 is 11.6 Å². The van der Waals surface area contributed by atoms with E-state index in [1.807, 2.05) is 30.3 Å². The second-order valence-corrected chi connectivity index (χ2v) is 7.31. The monoisotopic (exact) mass is 371 g/mol. The standard InChI is InChI=1S/C21H26ClN3O/c1-24-11-13-25(14-12-24)20(18-5-3-2-4-6-18)16-23-21(26)15-17-7-9-19(22)10-8-17/h2-10,20H,11-16H2,1H3,(H,23,26). The first-order valence-electron chi connectivity index (χ1n) is 9.10. The Bertz CT molecular complexity index is 697. The van der Waals surface area contributed by atoms with Gasteiger partial charge in [-0.2, -0.15) is 0 Å². The average molecular weight is 372 g/mol. The largest absolute Gasteiger partial charge is 0.354 e. The van der Waals surface area contributed by atoms with Crippen LogP contribution in [0.5, 0.6) is 0 Å². The zero-order chi connectivity index (χ0) is 18.4. The highest BCUT2D eigenvalue weighted by Gasteiger charge is 2.24. The molecule has 0 bridgehead atoms. The lowest BCUT2D eigenvalue weighted by Crippen LogP contribution is -2.48. The van der Waals surface area contributed by atoms with Crippen LogP contribution in [0.25, 0.3) is 0 Å². The average Bonchev–Trinajstić information content (AvgIpc) is 2.66. The van der Waals surface area contributed by atoms with E-state index in [1.54, 1.807) is 0 Å². The van der Waals surface area contributed by atoms with E-state index in [4.69, 9.17) is 11.6 Å². The van der Waals surface area contributed by atoms with Crippen LogP contribution in [0.15, 0.2) is 54.6 Å². The van der Waals surface area contributed by atoms with Crippen molar-refractivity contribution in [1.82, 2.24) is 15.1 Å². The Kier molecular flexibility index (Phi) is 6.67. The van der Waals surface area contributed by atoms with Crippen LogP contribution in [0.4, 0.5) is 0 Å². The Morgan fingerprint density at radius 3 is 2.35 bits per heavy atom. The fourth-order valence-electron chi connectivity index (χ4n) is 3.33. The van der Waals surface area contributed by atoms with Gasteiger partial charge in [0.1, 0.15) is 0 Å². The van der Waals surface area contributed by atoms with Gasteiger partial charge in [-0.3, -0.25) is 9.69 Å². The number of amides is 1. The molecule has 26 heavy (non-hydrogen) atoms. The molecule has 0 radical (unpaired) electrons. The van der Waals surface area contributed by atoms with Crippen molar-refractivity contribution < 1.29 is 4.79 Å². The van der Waals surface area contributed by atoms with Crippen LogP contribution < -0.4 is 5.32 Å². The third-order valence-electron chi connectivity index (χ3n) is 4.93. The molecule has 4 nitrogen and oxygen atoms in total. The van der Waals surface area contributed by atoms with E-state index in [1.165, 1.54) is 5.56 Å². The van der Waals surface area contributed by atoms with Gasteiger partial charge < -0.3 is 10.2 Å². The van der Waals surface area contributed by atoms with E-state index in [9.17, 15) is 4.79 Å². The van der Waals surface area contributed by atoms with Crippen molar-refractivity contribution in [1.29, 1.82) is 0 Å². The third kappa shape index (κ3) is 5.31. The molecule has 0 saturated carbocycles. The summed E-state index contributed by atoms with van der Waals surface area (Å²) in [6.07, 6.45) is 0.376. The van der Waals surface area contributed by atoms with Gasteiger partial charge in [-0.25, -0.2) is 0 Å². The highest BCUT2D eigenvalue weighted by atomic mass is 35.5. The summed E-state index contributed by atoms with van der Waals surface area (Å²) in [6, 6.07) is 18.1. The van der Waals surface area contributed by atoms with Gasteiger partial charge in [0.05, 0.1) is 12.5 Å². The molecule has 138 valence electrons. The number of halogens is 1. The second-order valence-electron chi connectivity index (χ2n) is 6.87. The molecule has 3 rings (SSSR count). The molecular weight excluding hydrogens is 346 g/mol. The van der Waals surface area contributed by atoms with Gasteiger partial charge in [0.2, 0.25) is 5.91 Å². The number of nitrogens with zero attached hydrogens (tertiary/aromatic N) is 2. The SMILES string of the molecule is CN1CCN(C(CNC(=O)Cc2ccc(Cl)cc2)c2ccccc2)CC1. The molecule has 2 aromatic rings. The van der Waals surface area contributed by atoms with Crippen molar-refractivity contribution in [3.05, 3.63) is 70.7 Å². The minimum Gasteiger partial charge on any atom is -0.354 e. The molecule has 1 heterocycles. The summed E-state index contributed by atoms with van der Waals surface area (Å²) in [5, 5.41) is 3.81. The van der Waals surface area contributed by atoms with Crippen LogP contribution in [0.3, 0.4) is 0 Å². The van der Waals surface area contributed by atoms with Gasteiger partial charge in [-0.15, -0.1) is 0 Å². The van der Waals surface area contributed by atoms with E-state index in [-0.39, 0.29) is 11.9 Å². The predicted octanol–water partition coefficient (Wildman–Crippen LogP) is 2.99. The maximum Gasteiger partial charge on any atom is 0.224 e. The lowest BCUT2D eigenvalue weighted by atomic mass is 10.0. The summed E-state index contributed by atoms with van der Waals surface area (Å²) in [5.41, 5.74) is 2.23. The van der Waals surface area contributed by atoms with Crippen LogP contribution in [-0.4, -0.2) is 55.5 Å². The van der Waals surface area contributed by atoms with Gasteiger partial charge in [0.15, 0.2) is 0 Å². The number of benzene rings is 2. The summed E-state index contributed by atoms with van der Waals surface area (Å²) >= 11 is 5.91. The molecule has 1 saturated heterocycles. The van der Waals surface area contributed by atoms with Gasteiger partial charge in [0.25, 0.3) is 0 Å². The predicted molar refractivity (Wildman–Crippen MR) is 106 cm³/mol. The Hall–Kier alpha value is -1.88. The molecule has 0 aromatic heterocycles. The molecule has 1 aliphatic rings. The number of likely N-dealkylation sites (N-methyl/N-ethyl adjacent to an activating group) is 1. The van der Waals surface area contributed by atoms with Crippen LogP contribution in [-0.2, 0) is 11.2 Å². The van der Waals surface area contributed by atoms with Crippen molar-refractivity contribution in [3.8, 4) is 0 Å². The van der Waals surface area contributed by atoms with E-state index < -0.39 is 0 Å². The molecule has 1 N–H and O–H groups in total. The maximum absolute atomic E-state index is 12.4. The highest BCUT2D eigenvalue weighted by molar-refractivity contribution is 6.30. The first-order valence-corrected chi connectivity index (χ1v) is 9.48. The summed E-state index contributed by atoms with van der Waals surface area (Å²) in [5.74, 6) is 0.0439. The minimum absolute atomic E-state index is 0.0439. The molecule has 0 aliphatic carbocycles. The van der Waals surface area contributed by atoms with Gasteiger partial charge in [-0.05, 0) is 30.3 Å². The van der Waals surface area contributed by atoms with E-state index in [0.29, 0.717) is 18.0 Å². The number of hydrogen-bond acceptors (Lipinski definition) is 3. The highest BCUT2D eigenvalue weighted by Crippen LogP contribution is 2.21. The summed E-state index contributed by atoms with van der Waals surface area (Å²) < 4.78 is 0. The van der Waals surface area contributed by atoms with Crippen molar-refractivity contribution in [3.63, 3.8) is 0 Å². The molecule has 5 heteroatoms. The minimum atomic E-state index is 0.0439. The molecule has 2 aromatic carbocycles. The molecule has 1 aliphatic heterocycles. The fraction of sp³-hybridized carbons (Fsp3) is 0.381. The molecule has 0 spiro atoms. The Morgan fingerprint density at radius 1 is 1.04 bits per heavy atom. The molecule has 1 atom stereocenters. The maximum atomic E-state index is 12.4. The van der Waals surface area contributed by atoms with E-state index >= 15 is 0 Å². The van der Waals surface area contributed by atoms with E-state index in [2.05, 4.69) is 46.4 Å². The van der Waals surface area contributed by atoms with Gasteiger partial charge in [0, 0.05) is 37.7 Å². The zero-order valence-electron chi connectivity index (χ0n) is 15.2. The summed E-state index contributed by atoms with van der Waals surface area (Å²) in [7, 11) is 2.16. The van der Waals surface area contributed by atoms with Gasteiger partial charge in [-0.1, -0.05) is 54.1 Å². The lowest BCUT2D eigenvalue weighted by Gasteiger charge is -2.38. The number of piperazine rings is 1. The first-order chi connectivity index (χ1) is 12.6. The zero-order valence-corrected chi connectivity index (χ0v) is 16.0. The summed E-state index contributed by atoms with van der Waals surface area (Å²) in [6.45, 7) is 4.77. The Balaban J connectivity index is 1.62. The number of nitrogens with one attached hydrogen (secondary N) is 1. The topological polar surface area (TPSA) is 35.6 Å². The van der Waals surface area contributed by atoms with E-state index in [0.717, 1.165) is 31.7 Å². The van der Waals surface area contributed by atoms with Crippen molar-refractivity contribution in [2.45, 2.75) is 12.5 Å². The second kappa shape index (κ2) is 9.17. The quantitative estimate of drug-likeness (QED) is 0.847. The van der Waals surface area contributed by atoms with Crippen molar-refractivity contribution >= 4 is 17.5 Å². The van der Waals surface area contributed by atoms with Crippen molar-refractivity contribution in [2.24, 2.45) is 0 Å². The lowest BCUT2D eigenvalue weighted by molar-refractivity contribution is -0.120. The number of carbonyl (C=O) groups excluding carboxylic acids is 1. The Labute approximate surface area is 160 Å². The first kappa shape index (κ1) is 18.9. The normalized spacial score (nSPS) is 17.0. The fourth-order valence-corrected chi connectivity index (χ4v) is 3.45.